The van der Waals surface area contributed by atoms with Crippen molar-refractivity contribution in [3.8, 4) is 0 Å². The monoisotopic (exact) mass is 457 g/mol. The van der Waals surface area contributed by atoms with Gasteiger partial charge in [-0.05, 0) is 65.7 Å². The molecule has 28 heavy (non-hydrogen) atoms. The molecule has 4 heterocycles. The number of hydrogen-bond donors (Lipinski definition) is 1. The second-order valence-electron chi connectivity index (χ2n) is 7.37. The summed E-state index contributed by atoms with van der Waals surface area (Å²) in [5.74, 6) is 1.55. The normalized spacial score (nSPS) is 19.0. The van der Waals surface area contributed by atoms with Gasteiger partial charge in [-0.15, -0.1) is 11.3 Å². The molecule has 1 atom stereocenters. The van der Waals surface area contributed by atoms with E-state index in [9.17, 15) is 4.79 Å². The van der Waals surface area contributed by atoms with Gasteiger partial charge in [0, 0.05) is 28.6 Å². The van der Waals surface area contributed by atoms with Crippen molar-refractivity contribution in [2.45, 2.75) is 32.1 Å². The summed E-state index contributed by atoms with van der Waals surface area (Å²) in [7, 11) is 0. The first-order chi connectivity index (χ1) is 13.7. The van der Waals surface area contributed by atoms with Gasteiger partial charge in [0.2, 0.25) is 5.91 Å². The first-order valence-electron chi connectivity index (χ1n) is 9.61. The fraction of sp³-hybridized carbons (Fsp3) is 0.400. The Kier molecular flexibility index (Phi) is 4.76. The molecule has 5 rings (SSSR count). The third-order valence-corrected chi connectivity index (χ3v) is 7.22. The number of carbonyl (C=O) groups excluding carboxylic acids is 1. The van der Waals surface area contributed by atoms with Gasteiger partial charge >= 0.3 is 0 Å². The molecule has 0 radical (unpaired) electrons. The number of amides is 1. The maximum atomic E-state index is 12.8. The third kappa shape index (κ3) is 3.28. The van der Waals surface area contributed by atoms with Crippen LogP contribution in [0, 0.1) is 5.92 Å². The zero-order valence-corrected chi connectivity index (χ0v) is 17.7. The molecule has 0 aromatic carbocycles. The number of halogens is 1. The van der Waals surface area contributed by atoms with Gasteiger partial charge in [0.15, 0.2) is 0 Å². The van der Waals surface area contributed by atoms with E-state index < -0.39 is 0 Å². The minimum Gasteiger partial charge on any atom is -0.355 e. The van der Waals surface area contributed by atoms with Crippen LogP contribution in [-0.4, -0.2) is 33.9 Å². The Morgan fingerprint density at radius 3 is 3.00 bits per heavy atom. The van der Waals surface area contributed by atoms with Crippen LogP contribution >= 0.6 is 27.3 Å². The van der Waals surface area contributed by atoms with Gasteiger partial charge in [-0.3, -0.25) is 4.79 Å². The molecule has 1 amide bonds. The fourth-order valence-electron chi connectivity index (χ4n) is 4.21. The molecule has 1 unspecified atom stereocenters. The minimum atomic E-state index is -0.0732. The van der Waals surface area contributed by atoms with Crippen LogP contribution in [0.1, 0.15) is 29.7 Å². The van der Waals surface area contributed by atoms with Crippen molar-refractivity contribution in [2.75, 3.05) is 23.3 Å². The summed E-state index contributed by atoms with van der Waals surface area (Å²) in [4.78, 5) is 31.0. The van der Waals surface area contributed by atoms with E-state index in [2.05, 4.69) is 41.1 Å². The number of thiophene rings is 1. The van der Waals surface area contributed by atoms with Crippen LogP contribution in [-0.2, 0) is 17.6 Å². The molecule has 1 aliphatic carbocycles. The molecule has 1 saturated heterocycles. The summed E-state index contributed by atoms with van der Waals surface area (Å²) in [6.07, 6.45) is 8.70. The average Bonchev–Trinajstić information content (AvgIpc) is 3.31. The van der Waals surface area contributed by atoms with Crippen LogP contribution in [0.5, 0.6) is 0 Å². The van der Waals surface area contributed by atoms with Gasteiger partial charge in [0.1, 0.15) is 22.8 Å². The lowest BCUT2D eigenvalue weighted by Crippen LogP contribution is -2.41. The van der Waals surface area contributed by atoms with E-state index >= 15 is 0 Å². The van der Waals surface area contributed by atoms with E-state index in [0.717, 1.165) is 47.3 Å². The Bertz CT molecular complexity index is 1040. The van der Waals surface area contributed by atoms with E-state index in [4.69, 9.17) is 0 Å². The van der Waals surface area contributed by atoms with Crippen molar-refractivity contribution < 1.29 is 4.79 Å². The molecule has 1 fully saturated rings. The zero-order chi connectivity index (χ0) is 19.1. The first-order valence-corrected chi connectivity index (χ1v) is 11.2. The largest absolute Gasteiger partial charge is 0.355 e. The van der Waals surface area contributed by atoms with Crippen LogP contribution in [0.25, 0.3) is 10.2 Å². The second-order valence-corrected chi connectivity index (χ2v) is 9.37. The number of carbonyl (C=O) groups is 1. The third-order valence-electron chi connectivity index (χ3n) is 5.55. The topological polar surface area (TPSA) is 71.0 Å². The van der Waals surface area contributed by atoms with Gasteiger partial charge in [-0.1, -0.05) is 0 Å². The molecule has 1 aliphatic heterocycles. The quantitative estimate of drug-likeness (QED) is 0.638. The first kappa shape index (κ1) is 18.0. The standard InChI is InChI=1S/C20H20BrN5OS/c21-13-6-7-16(22-9-13)25-19(27)12-3-2-8-26(10-12)18-17-14-4-1-5-15(14)28-20(17)24-11-23-18/h6-7,9,11-12H,1-5,8,10H2,(H,22,25,27). The maximum absolute atomic E-state index is 12.8. The number of hydrogen-bond acceptors (Lipinski definition) is 6. The predicted molar refractivity (Wildman–Crippen MR) is 115 cm³/mol. The van der Waals surface area contributed by atoms with E-state index in [0.29, 0.717) is 12.4 Å². The number of piperidine rings is 1. The average molecular weight is 458 g/mol. The lowest BCUT2D eigenvalue weighted by Gasteiger charge is -2.33. The number of aromatic nitrogens is 3. The molecule has 0 spiro atoms. The minimum absolute atomic E-state index is 0.0281. The predicted octanol–water partition coefficient (Wildman–Crippen LogP) is 4.19. The molecule has 0 saturated carbocycles. The summed E-state index contributed by atoms with van der Waals surface area (Å²) in [6, 6.07) is 3.69. The van der Waals surface area contributed by atoms with E-state index in [1.807, 2.05) is 12.1 Å². The van der Waals surface area contributed by atoms with E-state index in [-0.39, 0.29) is 11.8 Å². The Morgan fingerprint density at radius 2 is 2.14 bits per heavy atom. The molecule has 1 N–H and O–H groups in total. The highest BCUT2D eigenvalue weighted by molar-refractivity contribution is 9.10. The molecule has 3 aromatic heterocycles. The van der Waals surface area contributed by atoms with Crippen LogP contribution in [0.2, 0.25) is 0 Å². The van der Waals surface area contributed by atoms with Crippen LogP contribution in [0.4, 0.5) is 11.6 Å². The highest BCUT2D eigenvalue weighted by Crippen LogP contribution is 2.40. The van der Waals surface area contributed by atoms with Crippen LogP contribution < -0.4 is 10.2 Å². The molecule has 3 aromatic rings. The van der Waals surface area contributed by atoms with Crippen molar-refractivity contribution in [2.24, 2.45) is 5.92 Å². The van der Waals surface area contributed by atoms with Crippen molar-refractivity contribution in [1.82, 2.24) is 15.0 Å². The molecular weight excluding hydrogens is 438 g/mol. The number of fused-ring (bicyclic) bond motifs is 3. The SMILES string of the molecule is O=C(Nc1ccc(Br)cn1)C1CCCN(c2ncnc3sc4c(c23)CCC4)C1. The van der Waals surface area contributed by atoms with Gasteiger partial charge in [0.25, 0.3) is 0 Å². The Morgan fingerprint density at radius 1 is 1.21 bits per heavy atom. The van der Waals surface area contributed by atoms with Gasteiger partial charge in [0.05, 0.1) is 11.3 Å². The zero-order valence-electron chi connectivity index (χ0n) is 15.3. The lowest BCUT2D eigenvalue weighted by atomic mass is 9.96. The maximum Gasteiger partial charge on any atom is 0.230 e. The summed E-state index contributed by atoms with van der Waals surface area (Å²) >= 11 is 5.17. The molecule has 0 bridgehead atoms. The van der Waals surface area contributed by atoms with Gasteiger partial charge in [-0.25, -0.2) is 15.0 Å². The number of anilines is 2. The summed E-state index contributed by atoms with van der Waals surface area (Å²) in [6.45, 7) is 1.61. The molecule has 6 nitrogen and oxygen atoms in total. The Hall–Kier alpha value is -2.06. The number of rotatable bonds is 3. The van der Waals surface area contributed by atoms with Crippen molar-refractivity contribution in [3.63, 3.8) is 0 Å². The Balaban J connectivity index is 1.38. The summed E-state index contributed by atoms with van der Waals surface area (Å²) in [5, 5.41) is 4.17. The second kappa shape index (κ2) is 7.40. The number of nitrogens with zero attached hydrogens (tertiary/aromatic N) is 4. The molecule has 8 heteroatoms. The van der Waals surface area contributed by atoms with Crippen LogP contribution in [0.15, 0.2) is 29.1 Å². The van der Waals surface area contributed by atoms with Crippen molar-refractivity contribution >= 4 is 55.0 Å². The van der Waals surface area contributed by atoms with Gasteiger partial charge in [-0.2, -0.15) is 0 Å². The number of aryl methyl sites for hydroxylation is 2. The van der Waals surface area contributed by atoms with Crippen LogP contribution in [0.3, 0.4) is 0 Å². The molecule has 2 aliphatic rings. The summed E-state index contributed by atoms with van der Waals surface area (Å²) in [5.41, 5.74) is 1.43. The van der Waals surface area contributed by atoms with E-state index in [1.165, 1.54) is 22.2 Å². The summed E-state index contributed by atoms with van der Waals surface area (Å²) < 4.78 is 0.894. The number of nitrogens with one attached hydrogen (secondary N) is 1. The van der Waals surface area contributed by atoms with Crippen molar-refractivity contribution in [1.29, 1.82) is 0 Å². The van der Waals surface area contributed by atoms with Crippen molar-refractivity contribution in [3.05, 3.63) is 39.6 Å². The van der Waals surface area contributed by atoms with Gasteiger partial charge < -0.3 is 10.2 Å². The van der Waals surface area contributed by atoms with E-state index in [1.54, 1.807) is 23.9 Å². The highest BCUT2D eigenvalue weighted by atomic mass is 79.9. The number of pyridine rings is 1. The highest BCUT2D eigenvalue weighted by Gasteiger charge is 2.30. The molecule has 144 valence electrons. The smallest absolute Gasteiger partial charge is 0.230 e. The Labute approximate surface area is 175 Å². The fourth-order valence-corrected chi connectivity index (χ4v) is 5.67. The molecular formula is C20H20BrN5OS. The lowest BCUT2D eigenvalue weighted by molar-refractivity contribution is -0.120.